The van der Waals surface area contributed by atoms with Crippen molar-refractivity contribution >= 4 is 0 Å². The van der Waals surface area contributed by atoms with Crippen LogP contribution in [0.25, 0.3) is 0 Å². The van der Waals surface area contributed by atoms with Crippen molar-refractivity contribution in [3.8, 4) is 5.75 Å². The Morgan fingerprint density at radius 2 is 2.14 bits per heavy atom. The average molecular weight is 309 g/mol. The van der Waals surface area contributed by atoms with Crippen molar-refractivity contribution < 1.29 is 14.2 Å². The first kappa shape index (κ1) is 16.3. The van der Waals surface area contributed by atoms with E-state index >= 15 is 0 Å². The highest BCUT2D eigenvalue weighted by Gasteiger charge is 2.11. The van der Waals surface area contributed by atoms with Gasteiger partial charge in [0.15, 0.2) is 5.82 Å². The maximum Gasteiger partial charge on any atom is 0.177 e. The number of rotatable bonds is 9. The molecule has 2 rings (SSSR count). The normalized spacial score (nSPS) is 12.5. The largest absolute Gasteiger partial charge is 0.494 e. The number of H-pyrrole nitrogens is 1. The molecule has 0 fully saturated rings. The van der Waals surface area contributed by atoms with Crippen molar-refractivity contribution in [2.75, 3.05) is 26.7 Å². The third kappa shape index (κ3) is 5.74. The first-order chi connectivity index (χ1) is 10.6. The van der Waals surface area contributed by atoms with Crippen LogP contribution in [-0.2, 0) is 6.42 Å². The molecule has 0 aliphatic rings. The van der Waals surface area contributed by atoms with Crippen molar-refractivity contribution in [2.24, 2.45) is 0 Å². The quantitative estimate of drug-likeness (QED) is 0.661. The predicted molar refractivity (Wildman–Crippen MR) is 77.9 cm³/mol. The molecule has 7 nitrogen and oxygen atoms in total. The van der Waals surface area contributed by atoms with Gasteiger partial charge >= 0.3 is 0 Å². The molecule has 1 aromatic carbocycles. The fraction of sp³-hybridized carbons (Fsp3) is 0.500. The summed E-state index contributed by atoms with van der Waals surface area (Å²) in [5, 5.41) is 23.3. The highest BCUT2D eigenvalue weighted by Crippen LogP contribution is 2.11. The first-order valence-corrected chi connectivity index (χ1v) is 7.11. The summed E-state index contributed by atoms with van der Waals surface area (Å²) in [7, 11) is 1.93. The summed E-state index contributed by atoms with van der Waals surface area (Å²) in [4.78, 5) is 2.01. The van der Waals surface area contributed by atoms with Gasteiger partial charge in [-0.3, -0.25) is 0 Å². The van der Waals surface area contributed by atoms with E-state index in [-0.39, 0.29) is 5.82 Å². The van der Waals surface area contributed by atoms with Gasteiger partial charge in [0.25, 0.3) is 0 Å². The number of tetrazole rings is 1. The summed E-state index contributed by atoms with van der Waals surface area (Å²) < 4.78 is 18.3. The van der Waals surface area contributed by atoms with Crippen molar-refractivity contribution in [3.63, 3.8) is 0 Å². The molecule has 1 atom stereocenters. The lowest BCUT2D eigenvalue weighted by molar-refractivity contribution is 0.120. The lowest BCUT2D eigenvalue weighted by Gasteiger charge is -2.19. The summed E-state index contributed by atoms with van der Waals surface area (Å²) in [5.41, 5.74) is 0. The van der Waals surface area contributed by atoms with Crippen LogP contribution in [-0.4, -0.2) is 63.5 Å². The molecule has 120 valence electrons. The molecule has 1 heterocycles. The van der Waals surface area contributed by atoms with E-state index in [1.165, 1.54) is 12.1 Å². The molecule has 0 amide bonds. The van der Waals surface area contributed by atoms with Crippen LogP contribution in [0.15, 0.2) is 24.3 Å². The second-order valence-corrected chi connectivity index (χ2v) is 5.10. The minimum absolute atomic E-state index is 0.275. The van der Waals surface area contributed by atoms with Crippen molar-refractivity contribution in [3.05, 3.63) is 35.9 Å². The van der Waals surface area contributed by atoms with Crippen molar-refractivity contribution in [2.45, 2.75) is 18.9 Å². The molecule has 2 N–H and O–H groups in total. The summed E-state index contributed by atoms with van der Waals surface area (Å²) >= 11 is 0. The third-order valence-electron chi connectivity index (χ3n) is 3.10. The molecular formula is C14H20FN5O2. The highest BCUT2D eigenvalue weighted by atomic mass is 19.1. The Labute approximate surface area is 128 Å². The molecule has 0 aliphatic carbocycles. The molecule has 0 unspecified atom stereocenters. The minimum Gasteiger partial charge on any atom is -0.494 e. The number of aliphatic hydroxyl groups is 1. The van der Waals surface area contributed by atoms with Gasteiger partial charge in [-0.2, -0.15) is 5.21 Å². The number of nitrogens with zero attached hydrogens (tertiary/aromatic N) is 4. The lowest BCUT2D eigenvalue weighted by Crippen LogP contribution is -2.32. The summed E-state index contributed by atoms with van der Waals surface area (Å²) in [5.74, 6) is 0.879. The molecule has 22 heavy (non-hydrogen) atoms. The van der Waals surface area contributed by atoms with Crippen LogP contribution in [0.4, 0.5) is 4.39 Å². The molecule has 0 spiro atoms. The van der Waals surface area contributed by atoms with Crippen LogP contribution >= 0.6 is 0 Å². The number of nitrogens with one attached hydrogen (secondary N) is 1. The second kappa shape index (κ2) is 8.40. The number of hydrogen-bond donors (Lipinski definition) is 2. The molecular weight excluding hydrogens is 289 g/mol. The summed E-state index contributed by atoms with van der Waals surface area (Å²) in [6.45, 7) is 1.84. The number of hydrogen-bond acceptors (Lipinski definition) is 6. The van der Waals surface area contributed by atoms with Gasteiger partial charge in [0.1, 0.15) is 11.6 Å². The number of aromatic amines is 1. The van der Waals surface area contributed by atoms with E-state index in [4.69, 9.17) is 4.74 Å². The second-order valence-electron chi connectivity index (χ2n) is 5.10. The van der Waals surface area contributed by atoms with E-state index in [1.54, 1.807) is 12.1 Å². The Kier molecular flexibility index (Phi) is 6.23. The van der Waals surface area contributed by atoms with E-state index in [9.17, 15) is 9.50 Å². The Bertz CT molecular complexity index is 535. The van der Waals surface area contributed by atoms with Crippen molar-refractivity contribution in [1.82, 2.24) is 25.5 Å². The molecule has 1 aromatic heterocycles. The van der Waals surface area contributed by atoms with Gasteiger partial charge in [0.05, 0.1) is 12.7 Å². The van der Waals surface area contributed by atoms with E-state index in [0.717, 1.165) is 13.0 Å². The van der Waals surface area contributed by atoms with E-state index < -0.39 is 6.10 Å². The molecule has 0 radical (unpaired) electrons. The fourth-order valence-electron chi connectivity index (χ4n) is 2.05. The van der Waals surface area contributed by atoms with Crippen LogP contribution < -0.4 is 4.74 Å². The first-order valence-electron chi connectivity index (χ1n) is 7.11. The van der Waals surface area contributed by atoms with Gasteiger partial charge in [0, 0.05) is 19.5 Å². The maximum absolute atomic E-state index is 12.7. The van der Waals surface area contributed by atoms with Gasteiger partial charge in [0.2, 0.25) is 0 Å². The van der Waals surface area contributed by atoms with E-state index in [0.29, 0.717) is 31.1 Å². The molecule has 8 heteroatoms. The maximum atomic E-state index is 12.7. The van der Waals surface area contributed by atoms with Gasteiger partial charge < -0.3 is 14.7 Å². The van der Waals surface area contributed by atoms with Gasteiger partial charge in [-0.15, -0.1) is 10.2 Å². The number of likely N-dealkylation sites (N-methyl/N-ethyl adjacent to an activating group) is 1. The number of ether oxygens (including phenoxy) is 1. The average Bonchev–Trinajstić information content (AvgIpc) is 2.98. The fourth-order valence-corrected chi connectivity index (χ4v) is 2.05. The molecule has 0 bridgehead atoms. The van der Waals surface area contributed by atoms with Gasteiger partial charge in [-0.05, 0) is 37.7 Å². The SMILES string of the molecule is CN(CCCOc1ccc(F)cc1)C[C@H](O)Cc1nn[nH]n1. The molecule has 0 aliphatic heterocycles. The number of benzene rings is 1. The summed E-state index contributed by atoms with van der Waals surface area (Å²) in [6, 6.07) is 5.95. The van der Waals surface area contributed by atoms with Gasteiger partial charge in [-0.25, -0.2) is 4.39 Å². The monoisotopic (exact) mass is 309 g/mol. The van der Waals surface area contributed by atoms with E-state index in [2.05, 4.69) is 20.6 Å². The zero-order valence-corrected chi connectivity index (χ0v) is 12.4. The Morgan fingerprint density at radius 1 is 1.36 bits per heavy atom. The molecule has 0 saturated heterocycles. The van der Waals surface area contributed by atoms with E-state index in [1.807, 2.05) is 11.9 Å². The molecule has 2 aromatic rings. The number of aromatic nitrogens is 4. The van der Waals surface area contributed by atoms with Crippen LogP contribution in [0, 0.1) is 5.82 Å². The standard InChI is InChI=1S/C14H20FN5O2/c1-20(10-12(21)9-14-16-18-19-17-14)7-2-8-22-13-5-3-11(15)4-6-13/h3-6,12,21H,2,7-10H2,1H3,(H,16,17,18,19)/t12-/m1/s1. The predicted octanol–water partition coefficient (Wildman–Crippen LogP) is 0.643. The van der Waals surface area contributed by atoms with Crippen LogP contribution in [0.3, 0.4) is 0 Å². The topological polar surface area (TPSA) is 87.2 Å². The highest BCUT2D eigenvalue weighted by molar-refractivity contribution is 5.21. The Balaban J connectivity index is 1.59. The summed E-state index contributed by atoms with van der Waals surface area (Å²) in [6.07, 6.45) is 0.635. The zero-order chi connectivity index (χ0) is 15.8. The van der Waals surface area contributed by atoms with Crippen LogP contribution in [0.1, 0.15) is 12.2 Å². The number of aliphatic hydroxyl groups excluding tert-OH is 1. The van der Waals surface area contributed by atoms with Crippen molar-refractivity contribution in [1.29, 1.82) is 0 Å². The smallest absolute Gasteiger partial charge is 0.177 e. The third-order valence-corrected chi connectivity index (χ3v) is 3.10. The number of halogens is 1. The minimum atomic E-state index is -0.541. The zero-order valence-electron chi connectivity index (χ0n) is 12.4. The lowest BCUT2D eigenvalue weighted by atomic mass is 10.2. The Hall–Kier alpha value is -2.06. The van der Waals surface area contributed by atoms with Crippen LogP contribution in [0.5, 0.6) is 5.75 Å². The molecule has 0 saturated carbocycles. The van der Waals surface area contributed by atoms with Gasteiger partial charge in [-0.1, -0.05) is 5.21 Å². The van der Waals surface area contributed by atoms with Crippen LogP contribution in [0.2, 0.25) is 0 Å². The Morgan fingerprint density at radius 3 is 2.82 bits per heavy atom.